The third kappa shape index (κ3) is 5.91. The summed E-state index contributed by atoms with van der Waals surface area (Å²) in [5, 5.41) is 8.59. The molecule has 0 aliphatic rings. The fraction of sp³-hybridized carbons (Fsp3) is 0.500. The summed E-state index contributed by atoms with van der Waals surface area (Å²) in [6, 6.07) is 10.0. The number of nitriles is 1. The molecule has 1 aromatic carbocycles. The highest BCUT2D eigenvalue weighted by molar-refractivity contribution is 5.31. The summed E-state index contributed by atoms with van der Waals surface area (Å²) in [5.74, 6) is 0. The van der Waals surface area contributed by atoms with Crippen LogP contribution in [0.5, 0.6) is 0 Å². The molecule has 0 spiro atoms. The van der Waals surface area contributed by atoms with Gasteiger partial charge in [-0.15, -0.1) is 0 Å². The number of benzene rings is 1. The first-order chi connectivity index (χ1) is 7.36. The van der Waals surface area contributed by atoms with Gasteiger partial charge in [-0.25, -0.2) is 0 Å². The minimum atomic E-state index is 0.749. The minimum Gasteiger partial charge on any atom is -0.192 e. The maximum absolute atomic E-state index is 8.59. The van der Waals surface area contributed by atoms with E-state index >= 15 is 0 Å². The zero-order chi connectivity index (χ0) is 11.5. The number of aryl methyl sites for hydroxylation is 1. The number of unbranched alkanes of at least 4 members (excludes halogenated alkanes) is 2. The van der Waals surface area contributed by atoms with Crippen molar-refractivity contribution in [2.24, 2.45) is 0 Å². The predicted molar refractivity (Wildman–Crippen MR) is 65.7 cm³/mol. The fourth-order valence-corrected chi connectivity index (χ4v) is 1.33. The second-order valence-corrected chi connectivity index (χ2v) is 3.27. The maximum atomic E-state index is 8.59. The summed E-state index contributed by atoms with van der Waals surface area (Å²) in [6.45, 7) is 6.21. The predicted octanol–water partition coefficient (Wildman–Crippen LogP) is 4.32. The van der Waals surface area contributed by atoms with Crippen molar-refractivity contribution in [3.63, 3.8) is 0 Å². The van der Waals surface area contributed by atoms with Crippen LogP contribution in [-0.2, 0) is 6.42 Å². The minimum absolute atomic E-state index is 0.749. The molecule has 1 nitrogen and oxygen atoms in total. The van der Waals surface area contributed by atoms with Crippen molar-refractivity contribution in [2.45, 2.75) is 46.5 Å². The largest absolute Gasteiger partial charge is 0.192 e. The smallest absolute Gasteiger partial charge is 0.0991 e. The fourth-order valence-electron chi connectivity index (χ4n) is 1.33. The van der Waals surface area contributed by atoms with Crippen LogP contribution in [0.3, 0.4) is 0 Å². The highest BCUT2D eigenvalue weighted by Gasteiger charge is 1.93. The molecule has 0 radical (unpaired) electrons. The van der Waals surface area contributed by atoms with E-state index in [0.29, 0.717) is 0 Å². The number of nitrogens with zero attached hydrogens (tertiary/aromatic N) is 1. The van der Waals surface area contributed by atoms with Gasteiger partial charge >= 0.3 is 0 Å². The molecule has 82 valence electrons. The Balaban J connectivity index is 0.000000921. The van der Waals surface area contributed by atoms with Gasteiger partial charge in [0.2, 0.25) is 0 Å². The van der Waals surface area contributed by atoms with E-state index in [9.17, 15) is 0 Å². The molecule has 0 amide bonds. The van der Waals surface area contributed by atoms with Crippen LogP contribution in [0.25, 0.3) is 0 Å². The molecule has 0 heterocycles. The van der Waals surface area contributed by atoms with Crippen molar-refractivity contribution in [3.05, 3.63) is 35.4 Å². The van der Waals surface area contributed by atoms with Crippen LogP contribution in [0.2, 0.25) is 0 Å². The normalized spacial score (nSPS) is 8.67. The molecule has 0 aliphatic carbocycles. The quantitative estimate of drug-likeness (QED) is 0.669. The van der Waals surface area contributed by atoms with Crippen molar-refractivity contribution in [3.8, 4) is 6.07 Å². The average Bonchev–Trinajstić information content (AvgIpc) is 2.33. The summed E-state index contributed by atoms with van der Waals surface area (Å²) in [5.41, 5.74) is 2.09. The Labute approximate surface area is 93.7 Å². The first kappa shape index (κ1) is 13.7. The highest BCUT2D eigenvalue weighted by atomic mass is 14.2. The molecule has 1 aromatic rings. The van der Waals surface area contributed by atoms with Crippen molar-refractivity contribution < 1.29 is 0 Å². The Morgan fingerprint density at radius 2 is 1.67 bits per heavy atom. The lowest BCUT2D eigenvalue weighted by molar-refractivity contribution is 0.717. The molecule has 0 aromatic heterocycles. The van der Waals surface area contributed by atoms with Gasteiger partial charge in [0.1, 0.15) is 0 Å². The van der Waals surface area contributed by atoms with E-state index in [1.807, 2.05) is 38.1 Å². The van der Waals surface area contributed by atoms with Gasteiger partial charge in [-0.05, 0) is 30.5 Å². The second-order valence-electron chi connectivity index (χ2n) is 3.27. The summed E-state index contributed by atoms with van der Waals surface area (Å²) in [7, 11) is 0. The van der Waals surface area contributed by atoms with E-state index in [-0.39, 0.29) is 0 Å². The van der Waals surface area contributed by atoms with Gasteiger partial charge in [-0.1, -0.05) is 45.7 Å². The van der Waals surface area contributed by atoms with Gasteiger partial charge in [0.05, 0.1) is 11.6 Å². The van der Waals surface area contributed by atoms with Crippen LogP contribution in [0.4, 0.5) is 0 Å². The van der Waals surface area contributed by atoms with E-state index in [4.69, 9.17) is 5.26 Å². The van der Waals surface area contributed by atoms with Crippen molar-refractivity contribution in [1.82, 2.24) is 0 Å². The Bertz CT molecular complexity index is 279. The standard InChI is InChI=1S/C12H15N.C2H6/c1-2-3-4-5-11-6-8-12(10-13)9-7-11;1-2/h6-9H,2-5H2,1H3;1-2H3. The Kier molecular flexibility index (Phi) is 8.47. The SMILES string of the molecule is CC.CCCCCc1ccc(C#N)cc1. The first-order valence-corrected chi connectivity index (χ1v) is 5.86. The van der Waals surface area contributed by atoms with Crippen molar-refractivity contribution in [1.29, 1.82) is 5.26 Å². The molecule has 0 fully saturated rings. The number of hydrogen-bond donors (Lipinski definition) is 0. The summed E-state index contributed by atoms with van der Waals surface area (Å²) < 4.78 is 0. The third-order valence-corrected chi connectivity index (χ3v) is 2.15. The van der Waals surface area contributed by atoms with Gasteiger partial charge in [0.15, 0.2) is 0 Å². The van der Waals surface area contributed by atoms with Crippen LogP contribution in [0, 0.1) is 11.3 Å². The molecule has 0 atom stereocenters. The molecular weight excluding hydrogens is 182 g/mol. The first-order valence-electron chi connectivity index (χ1n) is 5.86. The van der Waals surface area contributed by atoms with Crippen LogP contribution >= 0.6 is 0 Å². The Morgan fingerprint density at radius 3 is 2.13 bits per heavy atom. The van der Waals surface area contributed by atoms with Crippen molar-refractivity contribution in [2.75, 3.05) is 0 Å². The Hall–Kier alpha value is -1.29. The van der Waals surface area contributed by atoms with Crippen LogP contribution in [0.15, 0.2) is 24.3 Å². The molecule has 15 heavy (non-hydrogen) atoms. The summed E-state index contributed by atoms with van der Waals surface area (Å²) >= 11 is 0. The Morgan fingerprint density at radius 1 is 1.07 bits per heavy atom. The van der Waals surface area contributed by atoms with Crippen LogP contribution in [0.1, 0.15) is 51.2 Å². The zero-order valence-corrected chi connectivity index (χ0v) is 10.1. The van der Waals surface area contributed by atoms with E-state index < -0.39 is 0 Å². The van der Waals surface area contributed by atoms with Gasteiger partial charge in [0.25, 0.3) is 0 Å². The monoisotopic (exact) mass is 203 g/mol. The second kappa shape index (κ2) is 9.27. The molecule has 1 heteroatoms. The zero-order valence-electron chi connectivity index (χ0n) is 10.1. The van der Waals surface area contributed by atoms with Crippen LogP contribution < -0.4 is 0 Å². The van der Waals surface area contributed by atoms with Gasteiger partial charge in [-0.2, -0.15) is 5.26 Å². The molecule has 0 N–H and O–H groups in total. The van der Waals surface area contributed by atoms with Gasteiger partial charge in [-0.3, -0.25) is 0 Å². The molecular formula is C14H21N. The summed E-state index contributed by atoms with van der Waals surface area (Å²) in [4.78, 5) is 0. The van der Waals surface area contributed by atoms with Gasteiger partial charge < -0.3 is 0 Å². The lowest BCUT2D eigenvalue weighted by Crippen LogP contribution is -1.85. The molecule has 0 saturated carbocycles. The lowest BCUT2D eigenvalue weighted by Gasteiger charge is -1.99. The maximum Gasteiger partial charge on any atom is 0.0991 e. The topological polar surface area (TPSA) is 23.8 Å². The number of rotatable bonds is 4. The third-order valence-electron chi connectivity index (χ3n) is 2.15. The number of hydrogen-bond acceptors (Lipinski definition) is 1. The van der Waals surface area contributed by atoms with E-state index in [1.165, 1.54) is 24.8 Å². The summed E-state index contributed by atoms with van der Waals surface area (Å²) in [6.07, 6.45) is 4.94. The lowest BCUT2D eigenvalue weighted by atomic mass is 10.1. The van der Waals surface area contributed by atoms with E-state index in [0.717, 1.165) is 12.0 Å². The van der Waals surface area contributed by atoms with E-state index in [1.54, 1.807) is 0 Å². The van der Waals surface area contributed by atoms with E-state index in [2.05, 4.69) is 13.0 Å². The van der Waals surface area contributed by atoms with Crippen LogP contribution in [-0.4, -0.2) is 0 Å². The highest BCUT2D eigenvalue weighted by Crippen LogP contribution is 2.07. The van der Waals surface area contributed by atoms with Crippen molar-refractivity contribution >= 4 is 0 Å². The molecule has 0 bridgehead atoms. The molecule has 0 aliphatic heterocycles. The molecule has 0 saturated heterocycles. The average molecular weight is 203 g/mol. The molecule has 1 rings (SSSR count). The molecule has 0 unspecified atom stereocenters. The van der Waals surface area contributed by atoms with Gasteiger partial charge in [0, 0.05) is 0 Å².